The molecule has 1 N–H and O–H groups in total. The Morgan fingerprint density at radius 2 is 2.50 bits per heavy atom. The van der Waals surface area contributed by atoms with Crippen LogP contribution >= 0.6 is 0 Å². The number of aliphatic hydroxyl groups excluding tert-OH is 1. The van der Waals surface area contributed by atoms with E-state index in [1.807, 2.05) is 0 Å². The fourth-order valence-corrected chi connectivity index (χ4v) is 1.11. The molecule has 0 spiro atoms. The van der Waals surface area contributed by atoms with Crippen molar-refractivity contribution in [1.82, 2.24) is 9.55 Å². The average molecular weight is 229 g/mol. The lowest BCUT2D eigenvalue weighted by molar-refractivity contribution is -0.397. The van der Waals surface area contributed by atoms with Gasteiger partial charge in [0.2, 0.25) is 0 Å². The fraction of sp³-hybridized carbons (Fsp3) is 0.500. The van der Waals surface area contributed by atoms with Gasteiger partial charge in [-0.1, -0.05) is 4.98 Å². The van der Waals surface area contributed by atoms with Gasteiger partial charge in [-0.2, -0.15) is 0 Å². The number of nitrogens with zero attached hydrogens (tertiary/aromatic N) is 3. The molecule has 0 bridgehead atoms. The molecule has 1 aromatic heterocycles. The van der Waals surface area contributed by atoms with Gasteiger partial charge in [0.05, 0.1) is 0 Å². The first-order valence-corrected chi connectivity index (χ1v) is 4.47. The maximum Gasteiger partial charge on any atom is 0.434 e. The van der Waals surface area contributed by atoms with E-state index in [-0.39, 0.29) is 19.1 Å². The zero-order chi connectivity index (χ0) is 12.1. The molecule has 1 aromatic rings. The predicted molar refractivity (Wildman–Crippen MR) is 51.5 cm³/mol. The summed E-state index contributed by atoms with van der Waals surface area (Å²) in [6.07, 6.45) is 1.63. The van der Waals surface area contributed by atoms with E-state index in [1.165, 1.54) is 23.9 Å². The first-order chi connectivity index (χ1) is 7.50. The van der Waals surface area contributed by atoms with Gasteiger partial charge in [-0.25, -0.2) is 4.57 Å². The van der Waals surface area contributed by atoms with Gasteiger partial charge >= 0.3 is 11.9 Å². The number of aromatic nitrogens is 2. The van der Waals surface area contributed by atoms with Gasteiger partial charge in [0, 0.05) is 6.92 Å². The van der Waals surface area contributed by atoms with Crippen LogP contribution in [0.15, 0.2) is 12.4 Å². The largest absolute Gasteiger partial charge is 0.463 e. The van der Waals surface area contributed by atoms with Crippen molar-refractivity contribution in [2.45, 2.75) is 19.6 Å². The molecule has 0 aromatic carbocycles. The molecule has 0 saturated carbocycles. The lowest BCUT2D eigenvalue weighted by Gasteiger charge is -2.09. The molecule has 0 fully saturated rings. The maximum atomic E-state index is 10.5. The van der Waals surface area contributed by atoms with Crippen molar-refractivity contribution in [3.05, 3.63) is 22.5 Å². The molecule has 1 heterocycles. The number of hydrogen-bond donors (Lipinski definition) is 1. The van der Waals surface area contributed by atoms with E-state index in [4.69, 9.17) is 0 Å². The number of aliphatic hydroxyl groups is 1. The Morgan fingerprint density at radius 1 is 1.81 bits per heavy atom. The zero-order valence-electron chi connectivity index (χ0n) is 8.57. The molecule has 0 aliphatic heterocycles. The summed E-state index contributed by atoms with van der Waals surface area (Å²) in [6, 6.07) is 0. The summed E-state index contributed by atoms with van der Waals surface area (Å²) in [7, 11) is 0. The van der Waals surface area contributed by atoms with Crippen molar-refractivity contribution >= 4 is 11.9 Å². The van der Waals surface area contributed by atoms with Crippen LogP contribution in [0.2, 0.25) is 0 Å². The number of rotatable bonds is 5. The van der Waals surface area contributed by atoms with Crippen LogP contribution in [-0.4, -0.2) is 38.3 Å². The zero-order valence-corrected chi connectivity index (χ0v) is 8.57. The molecule has 1 rings (SSSR count). The number of esters is 1. The maximum absolute atomic E-state index is 10.5. The number of carbonyl (C=O) groups excluding carboxylic acids is 1. The SMILES string of the molecule is CC(=O)OCC(O)Cn1ccnc1[N+](=O)[O-]. The average Bonchev–Trinajstić information content (AvgIpc) is 2.62. The van der Waals surface area contributed by atoms with E-state index in [2.05, 4.69) is 9.72 Å². The highest BCUT2D eigenvalue weighted by Gasteiger charge is 2.17. The Bertz CT molecular complexity index is 389. The number of imidazole rings is 1. The Hall–Kier alpha value is -1.96. The number of ether oxygens (including phenoxy) is 1. The molecule has 1 atom stereocenters. The summed E-state index contributed by atoms with van der Waals surface area (Å²) in [5, 5.41) is 19.9. The topological polar surface area (TPSA) is 107 Å². The molecule has 1 unspecified atom stereocenters. The normalized spacial score (nSPS) is 12.1. The van der Waals surface area contributed by atoms with Gasteiger partial charge in [0.1, 0.15) is 31.6 Å². The van der Waals surface area contributed by atoms with Crippen molar-refractivity contribution < 1.29 is 19.6 Å². The van der Waals surface area contributed by atoms with Crippen molar-refractivity contribution in [1.29, 1.82) is 0 Å². The second-order valence-electron chi connectivity index (χ2n) is 3.09. The standard InChI is InChI=1S/C8H11N3O5/c1-6(12)16-5-7(13)4-10-3-2-9-8(10)11(14)15/h2-3,7,13H,4-5H2,1H3. The fourth-order valence-electron chi connectivity index (χ4n) is 1.11. The molecule has 16 heavy (non-hydrogen) atoms. The number of nitro groups is 1. The highest BCUT2D eigenvalue weighted by atomic mass is 16.6. The number of hydrogen-bond acceptors (Lipinski definition) is 6. The molecular formula is C8H11N3O5. The molecular weight excluding hydrogens is 218 g/mol. The minimum Gasteiger partial charge on any atom is -0.463 e. The number of carbonyl (C=O) groups is 1. The van der Waals surface area contributed by atoms with E-state index in [0.29, 0.717) is 0 Å². The van der Waals surface area contributed by atoms with E-state index in [1.54, 1.807) is 0 Å². The third kappa shape index (κ3) is 3.31. The monoisotopic (exact) mass is 229 g/mol. The Labute approximate surface area is 90.6 Å². The van der Waals surface area contributed by atoms with Gasteiger partial charge in [-0.05, 0) is 4.92 Å². The summed E-state index contributed by atoms with van der Waals surface area (Å²) in [5.74, 6) is -0.874. The van der Waals surface area contributed by atoms with E-state index < -0.39 is 17.0 Å². The molecule has 0 saturated heterocycles. The van der Waals surface area contributed by atoms with Crippen molar-refractivity contribution in [3.8, 4) is 0 Å². The van der Waals surface area contributed by atoms with Crippen LogP contribution in [0.3, 0.4) is 0 Å². The summed E-state index contributed by atoms with van der Waals surface area (Å²) in [4.78, 5) is 23.8. The lowest BCUT2D eigenvalue weighted by atomic mass is 10.4. The van der Waals surface area contributed by atoms with Gasteiger partial charge in [0.25, 0.3) is 0 Å². The first-order valence-electron chi connectivity index (χ1n) is 4.47. The van der Waals surface area contributed by atoms with E-state index in [9.17, 15) is 20.0 Å². The van der Waals surface area contributed by atoms with Crippen molar-refractivity contribution in [2.75, 3.05) is 6.61 Å². The first kappa shape index (κ1) is 12.1. The van der Waals surface area contributed by atoms with Crippen LogP contribution in [0, 0.1) is 10.1 Å². The minimum atomic E-state index is -1.00. The van der Waals surface area contributed by atoms with Crippen LogP contribution < -0.4 is 0 Å². The predicted octanol–water partition coefficient (Wildman–Crippen LogP) is -0.285. The van der Waals surface area contributed by atoms with E-state index in [0.717, 1.165) is 0 Å². The van der Waals surface area contributed by atoms with Crippen LogP contribution in [0.25, 0.3) is 0 Å². The van der Waals surface area contributed by atoms with Gasteiger partial charge in [-0.15, -0.1) is 0 Å². The van der Waals surface area contributed by atoms with Gasteiger partial charge in [0.15, 0.2) is 0 Å². The molecule has 0 amide bonds. The van der Waals surface area contributed by atoms with Crippen LogP contribution in [0.4, 0.5) is 5.95 Å². The van der Waals surface area contributed by atoms with Crippen LogP contribution in [0.5, 0.6) is 0 Å². The summed E-state index contributed by atoms with van der Waals surface area (Å²) in [5.41, 5.74) is 0. The molecule has 0 radical (unpaired) electrons. The summed E-state index contributed by atoms with van der Waals surface area (Å²) >= 11 is 0. The molecule has 8 nitrogen and oxygen atoms in total. The van der Waals surface area contributed by atoms with Crippen molar-refractivity contribution in [2.24, 2.45) is 0 Å². The van der Waals surface area contributed by atoms with E-state index >= 15 is 0 Å². The minimum absolute atomic E-state index is 0.0520. The molecule has 88 valence electrons. The smallest absolute Gasteiger partial charge is 0.434 e. The van der Waals surface area contributed by atoms with Gasteiger partial charge < -0.3 is 20.0 Å². The molecule has 0 aliphatic rings. The van der Waals surface area contributed by atoms with Crippen molar-refractivity contribution in [3.63, 3.8) is 0 Å². The summed E-state index contributed by atoms with van der Waals surface area (Å²) < 4.78 is 5.74. The van der Waals surface area contributed by atoms with Crippen LogP contribution in [0.1, 0.15) is 6.92 Å². The lowest BCUT2D eigenvalue weighted by Crippen LogP contribution is -2.23. The highest BCUT2D eigenvalue weighted by Crippen LogP contribution is 2.08. The second kappa shape index (κ2) is 5.21. The Kier molecular flexibility index (Phi) is 3.95. The third-order valence-electron chi connectivity index (χ3n) is 1.74. The van der Waals surface area contributed by atoms with Crippen LogP contribution in [-0.2, 0) is 16.1 Å². The third-order valence-corrected chi connectivity index (χ3v) is 1.74. The Morgan fingerprint density at radius 3 is 3.06 bits per heavy atom. The quantitative estimate of drug-likeness (QED) is 0.422. The molecule has 8 heteroatoms. The summed E-state index contributed by atoms with van der Waals surface area (Å²) in [6.45, 7) is 0.959. The molecule has 0 aliphatic carbocycles. The Balaban J connectivity index is 2.55. The van der Waals surface area contributed by atoms with Gasteiger partial charge in [-0.3, -0.25) is 4.79 Å². The highest BCUT2D eigenvalue weighted by molar-refractivity contribution is 5.65. The second-order valence-corrected chi connectivity index (χ2v) is 3.09.